The van der Waals surface area contributed by atoms with Gasteiger partial charge in [0.25, 0.3) is 0 Å². The minimum absolute atomic E-state index is 0.315. The Balaban J connectivity index is 1.85. The van der Waals surface area contributed by atoms with Crippen molar-refractivity contribution in [3.63, 3.8) is 0 Å². The van der Waals surface area contributed by atoms with Gasteiger partial charge in [0, 0.05) is 11.1 Å². The van der Waals surface area contributed by atoms with Crippen molar-refractivity contribution in [2.45, 2.75) is 119 Å². The third-order valence-electron chi connectivity index (χ3n) is 7.75. The molecule has 0 fully saturated rings. The Labute approximate surface area is 214 Å². The Hall–Kier alpha value is -1.97. The van der Waals surface area contributed by atoms with Gasteiger partial charge in [0.05, 0.1) is 0 Å². The lowest BCUT2D eigenvalue weighted by molar-refractivity contribution is -0.139. The predicted octanol–water partition coefficient (Wildman–Crippen LogP) is 8.68. The van der Waals surface area contributed by atoms with Crippen molar-refractivity contribution in [3.05, 3.63) is 28.3 Å². The average molecular weight is 487 g/mol. The van der Waals surface area contributed by atoms with Gasteiger partial charge in [-0.25, -0.2) is 4.79 Å². The van der Waals surface area contributed by atoms with E-state index in [1.54, 1.807) is 0 Å². The van der Waals surface area contributed by atoms with Gasteiger partial charge in [-0.1, -0.05) is 78.7 Å². The zero-order valence-electron chi connectivity index (χ0n) is 23.6. The van der Waals surface area contributed by atoms with Gasteiger partial charge in [-0.05, 0) is 75.5 Å². The summed E-state index contributed by atoms with van der Waals surface area (Å²) in [4.78, 5) is 11.0. The van der Waals surface area contributed by atoms with Crippen molar-refractivity contribution in [2.24, 2.45) is 17.8 Å². The molecular weight excluding hydrogens is 436 g/mol. The number of hydrogen-bond donors (Lipinski definition) is 1. The molecule has 0 spiro atoms. The average Bonchev–Trinajstić information content (AvgIpc) is 2.77. The van der Waals surface area contributed by atoms with Crippen LogP contribution in [-0.4, -0.2) is 23.3 Å². The van der Waals surface area contributed by atoms with Crippen LogP contribution < -0.4 is 9.47 Å². The SMILES string of the molecule is Cc1c(C)c2c(c(C)c1OCC(=O)O)C=C[C@@](C)(CCC[C@@H](C)CCC[C@@H](C)CCCC(C)C)O2. The minimum atomic E-state index is -0.969. The topological polar surface area (TPSA) is 55.8 Å². The summed E-state index contributed by atoms with van der Waals surface area (Å²) in [6.07, 6.45) is 15.8. The summed E-state index contributed by atoms with van der Waals surface area (Å²) in [7, 11) is 0. The molecule has 1 heterocycles. The van der Waals surface area contributed by atoms with Crippen LogP contribution in [0.3, 0.4) is 0 Å². The smallest absolute Gasteiger partial charge is 0.341 e. The molecule has 198 valence electrons. The van der Waals surface area contributed by atoms with E-state index in [0.717, 1.165) is 58.6 Å². The predicted molar refractivity (Wildman–Crippen MR) is 147 cm³/mol. The quantitative estimate of drug-likeness (QED) is 0.269. The van der Waals surface area contributed by atoms with E-state index < -0.39 is 5.97 Å². The van der Waals surface area contributed by atoms with E-state index in [1.165, 1.54) is 44.9 Å². The van der Waals surface area contributed by atoms with E-state index in [2.05, 4.69) is 46.8 Å². The molecule has 1 N–H and O–H groups in total. The highest BCUT2D eigenvalue weighted by molar-refractivity contribution is 5.73. The number of fused-ring (bicyclic) bond motifs is 1. The lowest BCUT2D eigenvalue weighted by atomic mass is 9.88. The zero-order chi connectivity index (χ0) is 26.2. The molecule has 0 bridgehead atoms. The van der Waals surface area contributed by atoms with Crippen molar-refractivity contribution >= 4 is 12.0 Å². The van der Waals surface area contributed by atoms with Crippen molar-refractivity contribution < 1.29 is 19.4 Å². The number of carbonyl (C=O) groups is 1. The van der Waals surface area contributed by atoms with Crippen LogP contribution in [0.4, 0.5) is 0 Å². The molecule has 0 aromatic heterocycles. The highest BCUT2D eigenvalue weighted by Crippen LogP contribution is 2.43. The number of rotatable bonds is 15. The summed E-state index contributed by atoms with van der Waals surface area (Å²) >= 11 is 0. The van der Waals surface area contributed by atoms with E-state index in [0.29, 0.717) is 5.75 Å². The number of hydrogen-bond acceptors (Lipinski definition) is 3. The van der Waals surface area contributed by atoms with Crippen LogP contribution in [0.2, 0.25) is 0 Å². The molecule has 0 saturated carbocycles. The summed E-state index contributed by atoms with van der Waals surface area (Å²) in [6.45, 7) is 17.3. The van der Waals surface area contributed by atoms with Crippen molar-refractivity contribution in [1.82, 2.24) is 0 Å². The molecule has 1 aliphatic heterocycles. The monoisotopic (exact) mass is 486 g/mol. The van der Waals surface area contributed by atoms with Crippen LogP contribution in [0.1, 0.15) is 115 Å². The summed E-state index contributed by atoms with van der Waals surface area (Å²) in [6, 6.07) is 0. The molecule has 0 amide bonds. The van der Waals surface area contributed by atoms with E-state index >= 15 is 0 Å². The molecule has 4 heteroatoms. The van der Waals surface area contributed by atoms with E-state index in [4.69, 9.17) is 14.6 Å². The van der Waals surface area contributed by atoms with Crippen LogP contribution in [0.15, 0.2) is 6.08 Å². The lowest BCUT2D eigenvalue weighted by Gasteiger charge is -2.34. The highest BCUT2D eigenvalue weighted by Gasteiger charge is 2.31. The van der Waals surface area contributed by atoms with Gasteiger partial charge in [-0.2, -0.15) is 0 Å². The van der Waals surface area contributed by atoms with E-state index in [-0.39, 0.29) is 12.2 Å². The molecule has 35 heavy (non-hydrogen) atoms. The van der Waals surface area contributed by atoms with Crippen LogP contribution in [0, 0.1) is 38.5 Å². The first-order chi connectivity index (χ1) is 16.4. The largest absolute Gasteiger partial charge is 0.483 e. The number of aliphatic carboxylic acids is 1. The van der Waals surface area contributed by atoms with Gasteiger partial charge in [-0.3, -0.25) is 0 Å². The number of carboxylic acid groups (broad SMARTS) is 1. The summed E-state index contributed by atoms with van der Waals surface area (Å²) in [5.41, 5.74) is 3.60. The third kappa shape index (κ3) is 8.88. The van der Waals surface area contributed by atoms with Gasteiger partial charge >= 0.3 is 5.97 Å². The second-order valence-corrected chi connectivity index (χ2v) is 11.7. The van der Waals surface area contributed by atoms with Gasteiger partial charge in [0.1, 0.15) is 17.1 Å². The molecule has 1 aromatic carbocycles. The van der Waals surface area contributed by atoms with Gasteiger partial charge in [0.2, 0.25) is 0 Å². The van der Waals surface area contributed by atoms with Crippen molar-refractivity contribution in [3.8, 4) is 11.5 Å². The minimum Gasteiger partial charge on any atom is -0.483 e. The number of carboxylic acids is 1. The maximum Gasteiger partial charge on any atom is 0.341 e. The summed E-state index contributed by atoms with van der Waals surface area (Å²) in [5, 5.41) is 9.01. The van der Waals surface area contributed by atoms with Gasteiger partial charge in [-0.15, -0.1) is 0 Å². The van der Waals surface area contributed by atoms with Gasteiger partial charge < -0.3 is 14.6 Å². The second-order valence-electron chi connectivity index (χ2n) is 11.7. The van der Waals surface area contributed by atoms with Gasteiger partial charge in [0.15, 0.2) is 6.61 Å². The molecule has 0 unspecified atom stereocenters. The Morgan fingerprint density at radius 2 is 1.49 bits per heavy atom. The van der Waals surface area contributed by atoms with Crippen LogP contribution in [-0.2, 0) is 4.79 Å². The highest BCUT2D eigenvalue weighted by atomic mass is 16.5. The fourth-order valence-corrected chi connectivity index (χ4v) is 5.24. The molecule has 0 aliphatic carbocycles. The summed E-state index contributed by atoms with van der Waals surface area (Å²) in [5.74, 6) is 3.03. The Morgan fingerprint density at radius 3 is 2.06 bits per heavy atom. The van der Waals surface area contributed by atoms with E-state index in [1.807, 2.05) is 20.8 Å². The fraction of sp³-hybridized carbons (Fsp3) is 0.710. The third-order valence-corrected chi connectivity index (χ3v) is 7.75. The Bertz CT molecular complexity index is 869. The Morgan fingerprint density at radius 1 is 0.914 bits per heavy atom. The molecule has 0 saturated heterocycles. The van der Waals surface area contributed by atoms with Crippen molar-refractivity contribution in [2.75, 3.05) is 6.61 Å². The maximum atomic E-state index is 11.0. The molecule has 1 aliphatic rings. The first-order valence-corrected chi connectivity index (χ1v) is 13.8. The maximum absolute atomic E-state index is 11.0. The van der Waals surface area contributed by atoms with E-state index in [9.17, 15) is 4.79 Å². The molecule has 2 rings (SSSR count). The molecule has 0 radical (unpaired) electrons. The number of ether oxygens (including phenoxy) is 2. The van der Waals surface area contributed by atoms with Crippen LogP contribution >= 0.6 is 0 Å². The molecule has 3 atom stereocenters. The number of benzene rings is 1. The Kier molecular flexibility index (Phi) is 11.2. The lowest BCUT2D eigenvalue weighted by Crippen LogP contribution is -2.32. The zero-order valence-corrected chi connectivity index (χ0v) is 23.6. The standard InChI is InChI=1S/C31H50O4/c1-21(2)12-9-13-22(3)14-10-15-23(4)16-11-18-31(8)19-17-27-26(7)29(34-20-28(32)33)24(5)25(6)30(27)35-31/h17,19,21-23H,9-16,18,20H2,1-8H3,(H,32,33)/t22-,23-,31+/m0/s1. The first kappa shape index (κ1) is 29.3. The second kappa shape index (κ2) is 13.4. The normalized spacial score (nSPS) is 18.8. The van der Waals surface area contributed by atoms with Crippen LogP contribution in [0.5, 0.6) is 11.5 Å². The fourth-order valence-electron chi connectivity index (χ4n) is 5.24. The van der Waals surface area contributed by atoms with Crippen LogP contribution in [0.25, 0.3) is 6.08 Å². The first-order valence-electron chi connectivity index (χ1n) is 13.8. The molecule has 1 aromatic rings. The van der Waals surface area contributed by atoms with Crippen molar-refractivity contribution in [1.29, 1.82) is 0 Å². The summed E-state index contributed by atoms with van der Waals surface area (Å²) < 4.78 is 12.2. The molecule has 4 nitrogen and oxygen atoms in total. The molecular formula is C31H50O4.